The van der Waals surface area contributed by atoms with Gasteiger partial charge in [0, 0.05) is 19.0 Å². The highest BCUT2D eigenvalue weighted by molar-refractivity contribution is 7.88. The zero-order valence-corrected chi connectivity index (χ0v) is 16.6. The summed E-state index contributed by atoms with van der Waals surface area (Å²) >= 11 is 0. The fraction of sp³-hybridized carbons (Fsp3) is 0.389. The van der Waals surface area contributed by atoms with Gasteiger partial charge >= 0.3 is 0 Å². The van der Waals surface area contributed by atoms with Crippen LogP contribution in [0.3, 0.4) is 0 Å². The van der Waals surface area contributed by atoms with Crippen molar-refractivity contribution in [3.8, 4) is 0 Å². The molecule has 0 radical (unpaired) electrons. The Morgan fingerprint density at radius 3 is 2.56 bits per heavy atom. The molecule has 0 unspecified atom stereocenters. The average molecular weight is 414 g/mol. The number of amides is 1. The molecular weight excluding hydrogens is 390 g/mol. The van der Waals surface area contributed by atoms with Crippen LogP contribution in [0.5, 0.6) is 0 Å². The van der Waals surface area contributed by atoms with Gasteiger partial charge in [0.1, 0.15) is 5.76 Å². The summed E-state index contributed by atoms with van der Waals surface area (Å²) in [4.78, 5) is 14.5. The zero-order valence-electron chi connectivity index (χ0n) is 15.0. The van der Waals surface area contributed by atoms with Crippen molar-refractivity contribution >= 4 is 28.3 Å². The van der Waals surface area contributed by atoms with Gasteiger partial charge in [-0.2, -0.15) is 0 Å². The topological polar surface area (TPSA) is 106 Å². The molecule has 0 bridgehead atoms. The maximum Gasteiger partial charge on any atom is 0.289 e. The number of hydrogen-bond acceptors (Lipinski definition) is 5. The van der Waals surface area contributed by atoms with Crippen LogP contribution in [0.2, 0.25) is 0 Å². The lowest BCUT2D eigenvalue weighted by Gasteiger charge is -2.16. The Labute approximate surface area is 165 Å². The lowest BCUT2D eigenvalue weighted by molar-refractivity contribution is 0.0753. The minimum Gasteiger partial charge on any atom is -0.455 e. The first kappa shape index (κ1) is 21.4. The number of nitrogens with zero attached hydrogens (tertiary/aromatic N) is 1. The van der Waals surface area contributed by atoms with Crippen molar-refractivity contribution in [1.29, 1.82) is 0 Å². The van der Waals surface area contributed by atoms with Crippen LogP contribution in [-0.2, 0) is 16.6 Å². The molecule has 7 nitrogen and oxygen atoms in total. The third kappa shape index (κ3) is 5.32. The molecule has 1 aromatic heterocycles. The summed E-state index contributed by atoms with van der Waals surface area (Å²) in [6, 6.07) is 13.2. The number of halogens is 1. The Hall–Kier alpha value is -1.87. The van der Waals surface area contributed by atoms with Gasteiger partial charge in [0.2, 0.25) is 10.0 Å². The molecule has 0 spiro atoms. The monoisotopic (exact) mass is 413 g/mol. The average Bonchev–Trinajstić information content (AvgIpc) is 3.26. The van der Waals surface area contributed by atoms with E-state index in [9.17, 15) is 13.2 Å². The van der Waals surface area contributed by atoms with E-state index < -0.39 is 10.0 Å². The number of likely N-dealkylation sites (tertiary alicyclic amines) is 1. The first-order valence-corrected chi connectivity index (χ1v) is 10.3. The number of sulfonamides is 1. The van der Waals surface area contributed by atoms with Crippen molar-refractivity contribution in [1.82, 2.24) is 9.62 Å². The molecular formula is C18H24ClN3O4S. The molecule has 1 saturated heterocycles. The number of benzene rings is 1. The summed E-state index contributed by atoms with van der Waals surface area (Å²) in [5.41, 5.74) is 7.10. The van der Waals surface area contributed by atoms with Gasteiger partial charge in [-0.25, -0.2) is 13.1 Å². The summed E-state index contributed by atoms with van der Waals surface area (Å²) in [7, 11) is -3.32. The van der Waals surface area contributed by atoms with Crippen LogP contribution in [0.4, 0.5) is 0 Å². The Kier molecular flexibility index (Phi) is 7.05. The van der Waals surface area contributed by atoms with E-state index in [-0.39, 0.29) is 42.5 Å². The number of carbonyl (C=O) groups is 1. The molecule has 1 aliphatic rings. The predicted octanol–water partition coefficient (Wildman–Crippen LogP) is 1.57. The minimum atomic E-state index is -3.32. The van der Waals surface area contributed by atoms with Crippen molar-refractivity contribution in [2.45, 2.75) is 12.5 Å². The van der Waals surface area contributed by atoms with Crippen molar-refractivity contribution < 1.29 is 17.6 Å². The van der Waals surface area contributed by atoms with Crippen LogP contribution < -0.4 is 10.5 Å². The van der Waals surface area contributed by atoms with Gasteiger partial charge in [0.25, 0.3) is 5.91 Å². The number of rotatable bonds is 6. The van der Waals surface area contributed by atoms with Gasteiger partial charge in [-0.1, -0.05) is 30.3 Å². The summed E-state index contributed by atoms with van der Waals surface area (Å²) in [5, 5.41) is 0. The molecule has 148 valence electrons. The molecule has 3 N–H and O–H groups in total. The van der Waals surface area contributed by atoms with E-state index >= 15 is 0 Å². The minimum absolute atomic E-state index is 0. The van der Waals surface area contributed by atoms with Gasteiger partial charge in [-0.15, -0.1) is 12.4 Å². The maximum atomic E-state index is 12.8. The number of nitrogens with two attached hydrogens (primary N) is 1. The van der Waals surface area contributed by atoms with Crippen LogP contribution in [-0.4, -0.2) is 45.1 Å². The highest BCUT2D eigenvalue weighted by atomic mass is 35.5. The van der Waals surface area contributed by atoms with Gasteiger partial charge in [-0.05, 0) is 30.2 Å². The fourth-order valence-corrected chi connectivity index (χ4v) is 3.70. The van der Waals surface area contributed by atoms with E-state index in [2.05, 4.69) is 16.9 Å². The quantitative estimate of drug-likeness (QED) is 0.747. The Morgan fingerprint density at radius 1 is 1.22 bits per heavy atom. The van der Waals surface area contributed by atoms with E-state index in [0.29, 0.717) is 25.4 Å². The molecule has 2 heterocycles. The van der Waals surface area contributed by atoms with Crippen LogP contribution in [0.1, 0.15) is 27.8 Å². The predicted molar refractivity (Wildman–Crippen MR) is 105 cm³/mol. The smallest absolute Gasteiger partial charge is 0.289 e. The second-order valence-electron chi connectivity index (χ2n) is 6.58. The molecule has 1 fully saturated rings. The molecule has 3 rings (SSSR count). The number of furan rings is 1. The molecule has 2 atom stereocenters. The van der Waals surface area contributed by atoms with E-state index in [1.165, 1.54) is 5.56 Å². The van der Waals surface area contributed by atoms with Gasteiger partial charge in [0.15, 0.2) is 5.76 Å². The molecule has 2 aromatic rings. The van der Waals surface area contributed by atoms with E-state index in [4.69, 9.17) is 10.2 Å². The third-order valence-electron chi connectivity index (χ3n) is 4.64. The van der Waals surface area contributed by atoms with E-state index in [1.54, 1.807) is 17.0 Å². The number of hydrogen-bond donors (Lipinski definition) is 2. The maximum absolute atomic E-state index is 12.8. The van der Waals surface area contributed by atoms with Gasteiger partial charge in [-0.3, -0.25) is 4.79 Å². The van der Waals surface area contributed by atoms with Crippen LogP contribution >= 0.6 is 12.4 Å². The largest absolute Gasteiger partial charge is 0.455 e. The molecule has 1 aromatic carbocycles. The SMILES string of the molecule is CS(=O)(=O)NCc1ccc(C(=O)N2C[C@@H](CN)[C@H](c3ccccc3)C2)o1.Cl. The van der Waals surface area contributed by atoms with Crippen molar-refractivity contribution in [2.24, 2.45) is 11.7 Å². The van der Waals surface area contributed by atoms with Gasteiger partial charge in [0.05, 0.1) is 12.8 Å². The van der Waals surface area contributed by atoms with Crippen molar-refractivity contribution in [3.63, 3.8) is 0 Å². The van der Waals surface area contributed by atoms with Gasteiger partial charge < -0.3 is 15.1 Å². The van der Waals surface area contributed by atoms with E-state index in [1.807, 2.05) is 18.2 Å². The lowest BCUT2D eigenvalue weighted by atomic mass is 9.89. The Balaban J connectivity index is 0.00000261. The first-order valence-electron chi connectivity index (χ1n) is 8.45. The second kappa shape index (κ2) is 8.88. The normalized spacial score (nSPS) is 19.7. The van der Waals surface area contributed by atoms with Crippen LogP contribution in [0, 0.1) is 5.92 Å². The Morgan fingerprint density at radius 2 is 1.93 bits per heavy atom. The molecule has 0 aliphatic carbocycles. The summed E-state index contributed by atoms with van der Waals surface area (Å²) in [6.45, 7) is 1.68. The lowest BCUT2D eigenvalue weighted by Crippen LogP contribution is -2.29. The molecule has 0 saturated carbocycles. The molecule has 1 aliphatic heterocycles. The first-order chi connectivity index (χ1) is 12.4. The van der Waals surface area contributed by atoms with Crippen LogP contribution in [0.15, 0.2) is 46.9 Å². The summed E-state index contributed by atoms with van der Waals surface area (Å²) in [6.07, 6.45) is 1.07. The zero-order chi connectivity index (χ0) is 18.7. The highest BCUT2D eigenvalue weighted by Crippen LogP contribution is 2.32. The summed E-state index contributed by atoms with van der Waals surface area (Å²) in [5.74, 6) is 0.800. The fourth-order valence-electron chi connectivity index (χ4n) is 3.30. The summed E-state index contributed by atoms with van der Waals surface area (Å²) < 4.78 is 30.2. The third-order valence-corrected chi connectivity index (χ3v) is 5.31. The standard InChI is InChI=1S/C18H23N3O4S.ClH/c1-26(23,24)20-10-15-7-8-17(25-15)18(22)21-11-14(9-19)16(12-21)13-5-3-2-4-6-13;/h2-8,14,16,20H,9-12,19H2,1H3;1H/t14-,16+;/m1./s1. The molecule has 9 heteroatoms. The van der Waals surface area contributed by atoms with E-state index in [0.717, 1.165) is 6.26 Å². The van der Waals surface area contributed by atoms with Crippen molar-refractivity contribution in [2.75, 3.05) is 25.9 Å². The molecule has 27 heavy (non-hydrogen) atoms. The molecule has 1 amide bonds. The van der Waals surface area contributed by atoms with Crippen molar-refractivity contribution in [3.05, 3.63) is 59.5 Å². The highest BCUT2D eigenvalue weighted by Gasteiger charge is 2.36. The second-order valence-corrected chi connectivity index (χ2v) is 8.42. The van der Waals surface area contributed by atoms with Crippen LogP contribution in [0.25, 0.3) is 0 Å². The number of carbonyl (C=O) groups excluding carboxylic acids is 1. The Bertz CT molecular complexity index is 870. The number of nitrogens with one attached hydrogen (secondary N) is 1.